The van der Waals surface area contributed by atoms with Gasteiger partial charge in [-0.3, -0.25) is 9.59 Å². The van der Waals surface area contributed by atoms with Gasteiger partial charge < -0.3 is 19.2 Å². The second kappa shape index (κ2) is 7.95. The van der Waals surface area contributed by atoms with Gasteiger partial charge in [0.1, 0.15) is 0 Å². The summed E-state index contributed by atoms with van der Waals surface area (Å²) in [6, 6.07) is 11.1. The Kier molecular flexibility index (Phi) is 5.20. The van der Waals surface area contributed by atoms with Crippen LogP contribution in [0.15, 0.2) is 59.6 Å². The minimum Gasteiger partial charge on any atom is -0.443 e. The van der Waals surface area contributed by atoms with Gasteiger partial charge in [-0.2, -0.15) is 0 Å². The number of hydrogen-bond acceptors (Lipinski definition) is 4. The van der Waals surface area contributed by atoms with Crippen LogP contribution in [0.1, 0.15) is 40.6 Å². The first-order valence-electron chi connectivity index (χ1n) is 9.81. The molecule has 1 N–H and O–H groups in total. The number of benzene rings is 1. The molecule has 2 aromatic heterocycles. The smallest absolute Gasteiger partial charge is 0.274 e. The fourth-order valence-electron chi connectivity index (χ4n) is 4.01. The van der Waals surface area contributed by atoms with Crippen molar-refractivity contribution in [1.82, 2.24) is 19.8 Å². The molecule has 7 nitrogen and oxygen atoms in total. The maximum atomic E-state index is 12.9. The molecule has 0 radical (unpaired) electrons. The fraction of sp³-hybridized carbons (Fsp3) is 0.318. The van der Waals surface area contributed by atoms with Crippen molar-refractivity contribution in [2.24, 2.45) is 7.05 Å². The predicted octanol–water partition coefficient (Wildman–Crippen LogP) is 3.10. The molecular formula is C22H24N4O3. The van der Waals surface area contributed by atoms with Crippen LogP contribution in [0.4, 0.5) is 0 Å². The molecule has 29 heavy (non-hydrogen) atoms. The molecular weight excluding hydrogens is 368 g/mol. The van der Waals surface area contributed by atoms with E-state index in [1.54, 1.807) is 0 Å². The highest BCUT2D eigenvalue weighted by molar-refractivity contribution is 5.98. The number of oxazole rings is 1. The number of nitrogens with one attached hydrogen (secondary N) is 1. The van der Waals surface area contributed by atoms with E-state index in [0.29, 0.717) is 24.3 Å². The SMILES string of the molecule is CC[C@@H]1[C@@H](NC(=O)c2ncoc2-c2ccccc2)CCN1C(=O)c1ccn(C)c1. The zero-order chi connectivity index (χ0) is 20.4. The monoisotopic (exact) mass is 392 g/mol. The van der Waals surface area contributed by atoms with Gasteiger partial charge in [-0.1, -0.05) is 37.3 Å². The number of aromatic nitrogens is 2. The van der Waals surface area contributed by atoms with Gasteiger partial charge in [-0.05, 0) is 18.9 Å². The van der Waals surface area contributed by atoms with Crippen molar-refractivity contribution in [3.63, 3.8) is 0 Å². The van der Waals surface area contributed by atoms with Crippen LogP contribution in [0, 0.1) is 0 Å². The van der Waals surface area contributed by atoms with Crippen molar-refractivity contribution >= 4 is 11.8 Å². The molecule has 1 aliphatic heterocycles. The molecule has 1 aliphatic rings. The van der Waals surface area contributed by atoms with Crippen molar-refractivity contribution in [1.29, 1.82) is 0 Å². The summed E-state index contributed by atoms with van der Waals surface area (Å²) in [6.07, 6.45) is 6.44. The average Bonchev–Trinajstić information content (AvgIpc) is 3.47. The standard InChI is InChI=1S/C22H24N4O3/c1-3-18-17(10-12-26(18)22(28)16-9-11-25(2)13-16)24-21(27)19-20(29-14-23-19)15-7-5-4-6-8-15/h4-9,11,13-14,17-18H,3,10,12H2,1-2H3,(H,24,27)/t17-,18+/m0/s1. The summed E-state index contributed by atoms with van der Waals surface area (Å²) >= 11 is 0. The highest BCUT2D eigenvalue weighted by atomic mass is 16.3. The minimum atomic E-state index is -0.282. The highest BCUT2D eigenvalue weighted by Crippen LogP contribution is 2.26. The lowest BCUT2D eigenvalue weighted by Crippen LogP contribution is -2.46. The van der Waals surface area contributed by atoms with Gasteiger partial charge in [-0.25, -0.2) is 4.98 Å². The number of nitrogens with zero attached hydrogens (tertiary/aromatic N) is 3. The van der Waals surface area contributed by atoms with Gasteiger partial charge in [0, 0.05) is 31.5 Å². The van der Waals surface area contributed by atoms with Crippen LogP contribution in [0.3, 0.4) is 0 Å². The van der Waals surface area contributed by atoms with Gasteiger partial charge in [0.2, 0.25) is 0 Å². The average molecular weight is 392 g/mol. The summed E-state index contributed by atoms with van der Waals surface area (Å²) in [5, 5.41) is 3.07. The Bertz CT molecular complexity index is 1010. The van der Waals surface area contributed by atoms with E-state index in [1.807, 2.05) is 72.2 Å². The third kappa shape index (κ3) is 3.68. The number of rotatable bonds is 5. The van der Waals surface area contributed by atoms with Crippen LogP contribution >= 0.6 is 0 Å². The van der Waals surface area contributed by atoms with Crippen LogP contribution in [-0.2, 0) is 7.05 Å². The predicted molar refractivity (Wildman–Crippen MR) is 108 cm³/mol. The summed E-state index contributed by atoms with van der Waals surface area (Å²) < 4.78 is 7.33. The van der Waals surface area contributed by atoms with Crippen molar-refractivity contribution in [2.75, 3.05) is 6.54 Å². The summed E-state index contributed by atoms with van der Waals surface area (Å²) in [5.74, 6) is 0.169. The molecule has 4 rings (SSSR count). The van der Waals surface area contributed by atoms with Crippen molar-refractivity contribution in [3.8, 4) is 11.3 Å². The number of carbonyl (C=O) groups is 2. The maximum absolute atomic E-state index is 12.9. The van der Waals surface area contributed by atoms with E-state index in [2.05, 4.69) is 10.3 Å². The maximum Gasteiger partial charge on any atom is 0.274 e. The molecule has 7 heteroatoms. The lowest BCUT2D eigenvalue weighted by molar-refractivity contribution is 0.0712. The van der Waals surface area contributed by atoms with Crippen molar-refractivity contribution < 1.29 is 14.0 Å². The summed E-state index contributed by atoms with van der Waals surface area (Å²) in [7, 11) is 1.89. The van der Waals surface area contributed by atoms with Gasteiger partial charge in [0.05, 0.1) is 17.6 Å². The third-order valence-electron chi connectivity index (χ3n) is 5.44. The molecule has 3 aromatic rings. The molecule has 1 saturated heterocycles. The Labute approximate surface area is 169 Å². The molecule has 0 aliphatic carbocycles. The largest absolute Gasteiger partial charge is 0.443 e. The normalized spacial score (nSPS) is 18.8. The van der Waals surface area contributed by atoms with Crippen LogP contribution in [0.2, 0.25) is 0 Å². The van der Waals surface area contributed by atoms with Crippen LogP contribution in [0.5, 0.6) is 0 Å². The molecule has 0 unspecified atom stereocenters. The first kappa shape index (κ1) is 19.0. The summed E-state index contributed by atoms with van der Waals surface area (Å²) in [6.45, 7) is 2.65. The van der Waals surface area contributed by atoms with Gasteiger partial charge >= 0.3 is 0 Å². The van der Waals surface area contributed by atoms with E-state index in [4.69, 9.17) is 4.42 Å². The molecule has 150 valence electrons. The lowest BCUT2D eigenvalue weighted by Gasteiger charge is -2.27. The second-order valence-electron chi connectivity index (χ2n) is 7.30. The Balaban J connectivity index is 1.49. The third-order valence-corrected chi connectivity index (χ3v) is 5.44. The molecule has 3 heterocycles. The number of hydrogen-bond donors (Lipinski definition) is 1. The zero-order valence-electron chi connectivity index (χ0n) is 16.5. The number of amides is 2. The summed E-state index contributed by atoms with van der Waals surface area (Å²) in [5.41, 5.74) is 1.73. The number of likely N-dealkylation sites (tertiary alicyclic amines) is 1. The van der Waals surface area contributed by atoms with Gasteiger partial charge in [-0.15, -0.1) is 0 Å². The minimum absolute atomic E-state index is 0.000565. The lowest BCUT2D eigenvalue weighted by atomic mass is 10.1. The first-order chi connectivity index (χ1) is 14.1. The van der Waals surface area contributed by atoms with Gasteiger partial charge in [0.15, 0.2) is 17.8 Å². The molecule has 2 amide bonds. The molecule has 0 spiro atoms. The molecule has 0 saturated carbocycles. The molecule has 1 aromatic carbocycles. The quantitative estimate of drug-likeness (QED) is 0.724. The van der Waals surface area contributed by atoms with Crippen LogP contribution < -0.4 is 5.32 Å². The van der Waals surface area contributed by atoms with Crippen molar-refractivity contribution in [2.45, 2.75) is 31.8 Å². The van der Waals surface area contributed by atoms with Crippen molar-refractivity contribution in [3.05, 3.63) is 66.4 Å². The van der Waals surface area contributed by atoms with E-state index in [-0.39, 0.29) is 29.6 Å². The van der Waals surface area contributed by atoms with E-state index >= 15 is 0 Å². The molecule has 1 fully saturated rings. The van der Waals surface area contributed by atoms with E-state index in [0.717, 1.165) is 12.0 Å². The topological polar surface area (TPSA) is 80.4 Å². The first-order valence-corrected chi connectivity index (χ1v) is 9.81. The Hall–Kier alpha value is -3.35. The zero-order valence-corrected chi connectivity index (χ0v) is 16.5. The van der Waals surface area contributed by atoms with E-state index in [9.17, 15) is 9.59 Å². The Morgan fingerprint density at radius 3 is 2.72 bits per heavy atom. The van der Waals surface area contributed by atoms with Gasteiger partial charge in [0.25, 0.3) is 11.8 Å². The van der Waals surface area contributed by atoms with E-state index < -0.39 is 0 Å². The molecule has 0 bridgehead atoms. The van der Waals surface area contributed by atoms with Crippen LogP contribution in [0.25, 0.3) is 11.3 Å². The highest BCUT2D eigenvalue weighted by Gasteiger charge is 2.37. The Morgan fingerprint density at radius 2 is 2.03 bits per heavy atom. The fourth-order valence-corrected chi connectivity index (χ4v) is 4.01. The number of carbonyl (C=O) groups excluding carboxylic acids is 2. The number of aryl methyl sites for hydroxylation is 1. The molecule has 2 atom stereocenters. The van der Waals surface area contributed by atoms with Crippen LogP contribution in [-0.4, -0.2) is 44.9 Å². The second-order valence-corrected chi connectivity index (χ2v) is 7.30. The Morgan fingerprint density at radius 1 is 1.24 bits per heavy atom. The summed E-state index contributed by atoms with van der Waals surface area (Å²) in [4.78, 5) is 31.8. The van der Waals surface area contributed by atoms with E-state index in [1.165, 1.54) is 6.39 Å².